The molecule has 0 radical (unpaired) electrons. The van der Waals surface area contributed by atoms with E-state index in [1.807, 2.05) is 0 Å². The van der Waals surface area contributed by atoms with E-state index in [2.05, 4.69) is 37.9 Å². The van der Waals surface area contributed by atoms with Crippen LogP contribution in [0, 0.1) is 5.92 Å². The van der Waals surface area contributed by atoms with E-state index >= 15 is 0 Å². The maximum atomic E-state index is 3.63. The van der Waals surface area contributed by atoms with Gasteiger partial charge in [-0.1, -0.05) is 47.0 Å². The zero-order valence-corrected chi connectivity index (χ0v) is 12.6. The summed E-state index contributed by atoms with van der Waals surface area (Å²) < 4.78 is 0. The van der Waals surface area contributed by atoms with Gasteiger partial charge in [-0.2, -0.15) is 0 Å². The van der Waals surface area contributed by atoms with Crippen LogP contribution in [0.25, 0.3) is 0 Å². The molecule has 0 heterocycles. The Kier molecular flexibility index (Phi) is 12.3. The van der Waals surface area contributed by atoms with Crippen molar-refractivity contribution in [2.24, 2.45) is 5.92 Å². The summed E-state index contributed by atoms with van der Waals surface area (Å²) in [4.78, 5) is 2.53. The minimum Gasteiger partial charge on any atom is -0.315 e. The van der Waals surface area contributed by atoms with Gasteiger partial charge in [0.25, 0.3) is 0 Å². The number of nitrogens with one attached hydrogen (secondary N) is 1. The molecule has 2 heteroatoms. The maximum absolute atomic E-state index is 3.63. The average molecular weight is 242 g/mol. The van der Waals surface area contributed by atoms with Crippen molar-refractivity contribution in [2.45, 2.75) is 59.8 Å². The monoisotopic (exact) mass is 242 g/mol. The van der Waals surface area contributed by atoms with E-state index in [0.29, 0.717) is 0 Å². The van der Waals surface area contributed by atoms with Gasteiger partial charge in [0.15, 0.2) is 0 Å². The third kappa shape index (κ3) is 9.61. The predicted molar refractivity (Wildman–Crippen MR) is 78.6 cm³/mol. The Morgan fingerprint density at radius 1 is 1.00 bits per heavy atom. The summed E-state index contributed by atoms with van der Waals surface area (Å²) in [5.74, 6) is 0.885. The lowest BCUT2D eigenvalue weighted by atomic mass is 9.99. The molecule has 0 aromatic heterocycles. The third-order valence-corrected chi connectivity index (χ3v) is 3.57. The highest BCUT2D eigenvalue weighted by Crippen LogP contribution is 2.10. The van der Waals surface area contributed by atoms with Gasteiger partial charge in [0.2, 0.25) is 0 Å². The lowest BCUT2D eigenvalue weighted by molar-refractivity contribution is 0.283. The largest absolute Gasteiger partial charge is 0.315 e. The summed E-state index contributed by atoms with van der Waals surface area (Å²) in [5, 5.41) is 3.63. The molecular formula is C15H34N2. The second kappa shape index (κ2) is 12.4. The first-order valence-corrected chi connectivity index (χ1v) is 7.71. The standard InChI is InChI=1S/C15H34N2/c1-5-9-10-15(7-3)14-16-11-13-17(8-4)12-6-2/h15-16H,5-14H2,1-4H3. The van der Waals surface area contributed by atoms with E-state index in [0.717, 1.165) is 12.5 Å². The SMILES string of the molecule is CCCCC(CC)CNCCN(CC)CCC. The molecule has 104 valence electrons. The van der Waals surface area contributed by atoms with Crippen LogP contribution >= 0.6 is 0 Å². The fraction of sp³-hybridized carbons (Fsp3) is 1.00. The van der Waals surface area contributed by atoms with Gasteiger partial charge in [0, 0.05) is 13.1 Å². The molecule has 1 atom stereocenters. The first-order chi connectivity index (χ1) is 8.28. The Hall–Kier alpha value is -0.0800. The molecule has 2 nitrogen and oxygen atoms in total. The fourth-order valence-corrected chi connectivity index (χ4v) is 2.23. The Bertz CT molecular complexity index is 148. The van der Waals surface area contributed by atoms with Crippen LogP contribution in [0.3, 0.4) is 0 Å². The predicted octanol–water partition coefficient (Wildman–Crippen LogP) is 3.52. The van der Waals surface area contributed by atoms with Gasteiger partial charge in [-0.05, 0) is 38.4 Å². The molecule has 0 aliphatic heterocycles. The highest BCUT2D eigenvalue weighted by molar-refractivity contribution is 4.63. The summed E-state index contributed by atoms with van der Waals surface area (Å²) in [6.07, 6.45) is 6.70. The minimum absolute atomic E-state index is 0.885. The van der Waals surface area contributed by atoms with Gasteiger partial charge in [-0.15, -0.1) is 0 Å². The molecule has 0 spiro atoms. The highest BCUT2D eigenvalue weighted by atomic mass is 15.1. The van der Waals surface area contributed by atoms with Crippen molar-refractivity contribution >= 4 is 0 Å². The number of hydrogen-bond donors (Lipinski definition) is 1. The topological polar surface area (TPSA) is 15.3 Å². The summed E-state index contributed by atoms with van der Waals surface area (Å²) >= 11 is 0. The van der Waals surface area contributed by atoms with E-state index in [9.17, 15) is 0 Å². The van der Waals surface area contributed by atoms with Crippen LogP contribution in [0.1, 0.15) is 59.8 Å². The number of hydrogen-bond acceptors (Lipinski definition) is 2. The van der Waals surface area contributed by atoms with Crippen LogP contribution in [0.4, 0.5) is 0 Å². The molecular weight excluding hydrogens is 208 g/mol. The highest BCUT2D eigenvalue weighted by Gasteiger charge is 2.05. The second-order valence-corrected chi connectivity index (χ2v) is 5.05. The molecule has 0 aliphatic rings. The van der Waals surface area contributed by atoms with Crippen molar-refractivity contribution in [3.05, 3.63) is 0 Å². The molecule has 0 saturated carbocycles. The minimum atomic E-state index is 0.885. The molecule has 1 unspecified atom stereocenters. The van der Waals surface area contributed by atoms with E-state index in [1.54, 1.807) is 0 Å². The molecule has 0 aliphatic carbocycles. The zero-order valence-electron chi connectivity index (χ0n) is 12.6. The summed E-state index contributed by atoms with van der Waals surface area (Å²) in [5.41, 5.74) is 0. The number of likely N-dealkylation sites (N-methyl/N-ethyl adjacent to an activating group) is 1. The van der Waals surface area contributed by atoms with E-state index in [4.69, 9.17) is 0 Å². The van der Waals surface area contributed by atoms with Crippen molar-refractivity contribution < 1.29 is 0 Å². The smallest absolute Gasteiger partial charge is 0.0107 e. The Balaban J connectivity index is 3.52. The van der Waals surface area contributed by atoms with Crippen molar-refractivity contribution in [3.8, 4) is 0 Å². The normalized spacial score (nSPS) is 13.2. The van der Waals surface area contributed by atoms with Crippen LogP contribution in [0.5, 0.6) is 0 Å². The molecule has 0 aromatic rings. The summed E-state index contributed by atoms with van der Waals surface area (Å²) in [6, 6.07) is 0. The average Bonchev–Trinajstić information content (AvgIpc) is 2.36. The van der Waals surface area contributed by atoms with Crippen molar-refractivity contribution in [3.63, 3.8) is 0 Å². The zero-order chi connectivity index (χ0) is 12.9. The summed E-state index contributed by atoms with van der Waals surface area (Å²) in [6.45, 7) is 15.1. The molecule has 0 bridgehead atoms. The first kappa shape index (κ1) is 16.9. The quantitative estimate of drug-likeness (QED) is 0.527. The Labute approximate surface area is 109 Å². The van der Waals surface area contributed by atoms with E-state index < -0.39 is 0 Å². The lowest BCUT2D eigenvalue weighted by Crippen LogP contribution is -2.34. The van der Waals surface area contributed by atoms with Gasteiger partial charge in [0.1, 0.15) is 0 Å². The van der Waals surface area contributed by atoms with Gasteiger partial charge in [0.05, 0.1) is 0 Å². The van der Waals surface area contributed by atoms with Crippen molar-refractivity contribution in [1.29, 1.82) is 0 Å². The number of rotatable bonds is 12. The van der Waals surface area contributed by atoms with Crippen LogP contribution in [-0.2, 0) is 0 Å². The van der Waals surface area contributed by atoms with Gasteiger partial charge in [-0.25, -0.2) is 0 Å². The van der Waals surface area contributed by atoms with Crippen LogP contribution < -0.4 is 5.32 Å². The van der Waals surface area contributed by atoms with Crippen LogP contribution in [0.2, 0.25) is 0 Å². The second-order valence-electron chi connectivity index (χ2n) is 5.05. The third-order valence-electron chi connectivity index (χ3n) is 3.57. The van der Waals surface area contributed by atoms with E-state index in [-0.39, 0.29) is 0 Å². The van der Waals surface area contributed by atoms with Gasteiger partial charge >= 0.3 is 0 Å². The van der Waals surface area contributed by atoms with Crippen molar-refractivity contribution in [2.75, 3.05) is 32.7 Å². The molecule has 0 amide bonds. The number of nitrogens with zero attached hydrogens (tertiary/aromatic N) is 1. The van der Waals surface area contributed by atoms with Crippen LogP contribution in [0.15, 0.2) is 0 Å². The molecule has 0 aromatic carbocycles. The molecule has 1 N–H and O–H groups in total. The van der Waals surface area contributed by atoms with Gasteiger partial charge < -0.3 is 10.2 Å². The van der Waals surface area contributed by atoms with E-state index in [1.165, 1.54) is 58.3 Å². The molecule has 17 heavy (non-hydrogen) atoms. The maximum Gasteiger partial charge on any atom is 0.0107 e. The molecule has 0 fully saturated rings. The molecule has 0 rings (SSSR count). The number of unbranched alkanes of at least 4 members (excludes halogenated alkanes) is 1. The fourth-order valence-electron chi connectivity index (χ4n) is 2.23. The Morgan fingerprint density at radius 3 is 2.29 bits per heavy atom. The van der Waals surface area contributed by atoms with Crippen LogP contribution in [-0.4, -0.2) is 37.6 Å². The molecule has 0 saturated heterocycles. The summed E-state index contributed by atoms with van der Waals surface area (Å²) in [7, 11) is 0. The lowest BCUT2D eigenvalue weighted by Gasteiger charge is -2.21. The first-order valence-electron chi connectivity index (χ1n) is 7.71. The Morgan fingerprint density at radius 2 is 1.76 bits per heavy atom. The van der Waals surface area contributed by atoms with Gasteiger partial charge in [-0.3, -0.25) is 0 Å². The van der Waals surface area contributed by atoms with Crippen molar-refractivity contribution in [1.82, 2.24) is 10.2 Å².